The van der Waals surface area contributed by atoms with Crippen LogP contribution >= 0.6 is 11.3 Å². The van der Waals surface area contributed by atoms with Crippen molar-refractivity contribution >= 4 is 23.2 Å². The average Bonchev–Trinajstić information content (AvgIpc) is 3.41. The van der Waals surface area contributed by atoms with Gasteiger partial charge in [0.25, 0.3) is 5.91 Å². The lowest BCUT2D eigenvalue weighted by Gasteiger charge is -2.31. The molecular weight excluding hydrogens is 504 g/mol. The van der Waals surface area contributed by atoms with Gasteiger partial charge in [-0.1, -0.05) is 0 Å². The number of aliphatic hydroxyl groups is 1. The number of nitrogens with zero attached hydrogens (tertiary/aromatic N) is 2. The van der Waals surface area contributed by atoms with Crippen LogP contribution in [0.3, 0.4) is 0 Å². The minimum Gasteiger partial charge on any atom is -0.489 e. The first kappa shape index (κ1) is 25.5. The fourth-order valence-electron chi connectivity index (χ4n) is 3.70. The van der Waals surface area contributed by atoms with E-state index in [1.165, 1.54) is 25.3 Å². The maximum Gasteiger partial charge on any atom is 0.424 e. The summed E-state index contributed by atoms with van der Waals surface area (Å²) >= 11 is 0.970. The van der Waals surface area contributed by atoms with Crippen molar-refractivity contribution < 1.29 is 37.0 Å². The van der Waals surface area contributed by atoms with E-state index in [2.05, 4.69) is 15.3 Å². The van der Waals surface area contributed by atoms with E-state index in [1.54, 1.807) is 6.92 Å². The van der Waals surface area contributed by atoms with Gasteiger partial charge in [0.05, 0.1) is 23.4 Å². The number of rotatable bonds is 6. The summed E-state index contributed by atoms with van der Waals surface area (Å²) in [6.07, 6.45) is -4.09. The molecule has 0 aliphatic carbocycles. The number of halogens is 4. The predicted molar refractivity (Wildman–Crippen MR) is 121 cm³/mol. The van der Waals surface area contributed by atoms with Crippen LogP contribution in [-0.4, -0.2) is 46.2 Å². The monoisotopic (exact) mass is 524 g/mol. The summed E-state index contributed by atoms with van der Waals surface area (Å²) in [6, 6.07) is 5.59. The van der Waals surface area contributed by atoms with Gasteiger partial charge in [-0.2, -0.15) is 13.2 Å². The summed E-state index contributed by atoms with van der Waals surface area (Å²) < 4.78 is 62.1. The van der Waals surface area contributed by atoms with Crippen molar-refractivity contribution in [3.8, 4) is 17.0 Å². The van der Waals surface area contributed by atoms with Crippen LogP contribution in [0.4, 0.5) is 17.6 Å². The zero-order valence-corrected chi connectivity index (χ0v) is 19.8. The molecule has 2 amide bonds. The Bertz CT molecular complexity index is 1340. The number of primary amides is 1. The summed E-state index contributed by atoms with van der Waals surface area (Å²) in [5.74, 6) is -2.34. The minimum absolute atomic E-state index is 0.0136. The van der Waals surface area contributed by atoms with E-state index in [9.17, 15) is 32.3 Å². The second-order valence-corrected chi connectivity index (χ2v) is 9.74. The third-order valence-electron chi connectivity index (χ3n) is 5.98. The fraction of sp³-hybridized carbons (Fsp3) is 0.304. The van der Waals surface area contributed by atoms with Crippen LogP contribution in [0.15, 0.2) is 36.5 Å². The molecule has 1 aliphatic rings. The van der Waals surface area contributed by atoms with E-state index in [-0.39, 0.29) is 34.1 Å². The Balaban J connectivity index is 1.86. The molecule has 13 heteroatoms. The van der Waals surface area contributed by atoms with Crippen molar-refractivity contribution in [1.82, 2.24) is 15.3 Å². The third kappa shape index (κ3) is 4.28. The van der Waals surface area contributed by atoms with Gasteiger partial charge in [0.1, 0.15) is 34.2 Å². The molecule has 2 aromatic heterocycles. The maximum atomic E-state index is 14.3. The number of nitrogens with two attached hydrogens (primary N) is 1. The molecule has 0 spiro atoms. The van der Waals surface area contributed by atoms with Crippen molar-refractivity contribution in [2.75, 3.05) is 13.2 Å². The van der Waals surface area contributed by atoms with Gasteiger partial charge in [0.15, 0.2) is 0 Å². The number of nitrogens with one attached hydrogen (secondary N) is 1. The summed E-state index contributed by atoms with van der Waals surface area (Å²) in [4.78, 5) is 32.6. The van der Waals surface area contributed by atoms with E-state index in [0.29, 0.717) is 5.01 Å². The van der Waals surface area contributed by atoms with Crippen LogP contribution in [0.1, 0.15) is 32.9 Å². The standard InChI is InChI=1S/C23H20F4N4O4S/c1-11-29-8-15(36-11)19(32)30-9-22(34,23(25,26)27)16-7-14-18(35-10-21(14,2)20(28)33)17(31-16)12-3-5-13(24)6-4-12/h3-8,34H,9-10H2,1-2H3,(H2,28,33)(H,30,32)/t21-,22-/m0/s1. The highest BCUT2D eigenvalue weighted by molar-refractivity contribution is 7.13. The van der Waals surface area contributed by atoms with Crippen LogP contribution in [-0.2, 0) is 15.8 Å². The number of fused-ring (bicyclic) bond motifs is 1. The lowest BCUT2D eigenvalue weighted by Crippen LogP contribution is -2.51. The largest absolute Gasteiger partial charge is 0.489 e. The van der Waals surface area contributed by atoms with Crippen LogP contribution < -0.4 is 15.8 Å². The second-order valence-electron chi connectivity index (χ2n) is 8.51. The molecule has 3 aromatic rings. The molecule has 0 radical (unpaired) electrons. The van der Waals surface area contributed by atoms with Gasteiger partial charge < -0.3 is 20.9 Å². The van der Waals surface area contributed by atoms with E-state index in [4.69, 9.17) is 10.5 Å². The molecule has 0 saturated heterocycles. The van der Waals surface area contributed by atoms with Crippen molar-refractivity contribution in [3.05, 3.63) is 63.5 Å². The average molecular weight is 524 g/mol. The first-order chi connectivity index (χ1) is 16.8. The van der Waals surface area contributed by atoms with E-state index >= 15 is 0 Å². The normalized spacial score (nSPS) is 18.8. The van der Waals surface area contributed by atoms with Gasteiger partial charge in [-0.25, -0.2) is 14.4 Å². The number of hydrogen-bond donors (Lipinski definition) is 3. The van der Waals surface area contributed by atoms with E-state index < -0.39 is 47.1 Å². The van der Waals surface area contributed by atoms with Crippen LogP contribution in [0.2, 0.25) is 0 Å². The number of hydrogen-bond acceptors (Lipinski definition) is 7. The highest BCUT2D eigenvalue weighted by Crippen LogP contribution is 2.47. The van der Waals surface area contributed by atoms with E-state index in [0.717, 1.165) is 29.5 Å². The fourth-order valence-corrected chi connectivity index (χ4v) is 4.39. The lowest BCUT2D eigenvalue weighted by atomic mass is 9.81. The Morgan fingerprint density at radius 2 is 1.94 bits per heavy atom. The van der Waals surface area contributed by atoms with Crippen molar-refractivity contribution in [3.63, 3.8) is 0 Å². The second kappa shape index (κ2) is 8.82. The Morgan fingerprint density at radius 3 is 2.50 bits per heavy atom. The molecule has 2 atom stereocenters. The molecular formula is C23H20F4N4O4S. The quantitative estimate of drug-likeness (QED) is 0.426. The molecule has 0 bridgehead atoms. The lowest BCUT2D eigenvalue weighted by molar-refractivity contribution is -0.265. The highest BCUT2D eigenvalue weighted by atomic mass is 32.1. The first-order valence-corrected chi connectivity index (χ1v) is 11.3. The Labute approximate surface area is 206 Å². The number of pyridine rings is 1. The topological polar surface area (TPSA) is 127 Å². The molecule has 0 saturated carbocycles. The van der Waals surface area contributed by atoms with Crippen molar-refractivity contribution in [2.24, 2.45) is 5.73 Å². The number of ether oxygens (including phenoxy) is 1. The number of aryl methyl sites for hydroxylation is 1. The Morgan fingerprint density at radius 1 is 1.28 bits per heavy atom. The number of benzene rings is 1. The van der Waals surface area contributed by atoms with Crippen molar-refractivity contribution in [1.29, 1.82) is 0 Å². The van der Waals surface area contributed by atoms with Crippen molar-refractivity contribution in [2.45, 2.75) is 31.0 Å². The smallest absolute Gasteiger partial charge is 0.424 e. The number of thiazole rings is 1. The molecule has 8 nitrogen and oxygen atoms in total. The van der Waals surface area contributed by atoms with Gasteiger partial charge in [-0.3, -0.25) is 9.59 Å². The molecule has 0 unspecified atom stereocenters. The summed E-state index contributed by atoms with van der Waals surface area (Å²) in [5.41, 5.74) is -0.553. The number of alkyl halides is 3. The van der Waals surface area contributed by atoms with Crippen LogP contribution in [0.5, 0.6) is 5.75 Å². The number of carbonyl (C=O) groups excluding carboxylic acids is 2. The Hall–Kier alpha value is -3.58. The number of amides is 2. The minimum atomic E-state index is -5.30. The summed E-state index contributed by atoms with van der Waals surface area (Å²) in [6.45, 7) is 1.45. The SMILES string of the molecule is Cc1ncc(C(=O)NC[C@](O)(c2cc3c(c(-c4ccc(F)cc4)n2)OC[C@]3(C)C(N)=O)C(F)(F)F)s1. The third-order valence-corrected chi connectivity index (χ3v) is 6.89. The first-order valence-electron chi connectivity index (χ1n) is 10.5. The maximum absolute atomic E-state index is 14.3. The Kier molecular flexibility index (Phi) is 6.25. The molecule has 1 aliphatic heterocycles. The van der Waals surface area contributed by atoms with Crippen LogP contribution in [0.25, 0.3) is 11.3 Å². The molecule has 4 rings (SSSR count). The zero-order chi connectivity index (χ0) is 26.5. The highest BCUT2D eigenvalue weighted by Gasteiger charge is 2.57. The van der Waals surface area contributed by atoms with Gasteiger partial charge in [0, 0.05) is 11.1 Å². The predicted octanol–water partition coefficient (Wildman–Crippen LogP) is 2.97. The number of aromatic nitrogens is 2. The molecule has 3 heterocycles. The summed E-state index contributed by atoms with van der Waals surface area (Å²) in [5, 5.41) is 13.6. The zero-order valence-electron chi connectivity index (χ0n) is 18.9. The molecule has 36 heavy (non-hydrogen) atoms. The molecule has 0 fully saturated rings. The molecule has 4 N–H and O–H groups in total. The number of carbonyl (C=O) groups is 2. The van der Waals surface area contributed by atoms with Gasteiger partial charge >= 0.3 is 6.18 Å². The summed E-state index contributed by atoms with van der Waals surface area (Å²) in [7, 11) is 0. The van der Waals surface area contributed by atoms with Crippen LogP contribution in [0, 0.1) is 12.7 Å². The molecule has 1 aromatic carbocycles. The van der Waals surface area contributed by atoms with Gasteiger partial charge in [0.2, 0.25) is 11.5 Å². The van der Waals surface area contributed by atoms with E-state index in [1.807, 2.05) is 0 Å². The van der Waals surface area contributed by atoms with Gasteiger partial charge in [-0.15, -0.1) is 11.3 Å². The molecule has 190 valence electrons. The van der Waals surface area contributed by atoms with Gasteiger partial charge in [-0.05, 0) is 44.2 Å².